The fraction of sp³-hybridized carbons (Fsp3) is 0.900. The van der Waals surface area contributed by atoms with Crippen molar-refractivity contribution in [2.24, 2.45) is 11.8 Å². The Hall–Kier alpha value is -0.610. The molecule has 1 rings (SSSR count). The van der Waals surface area contributed by atoms with Crippen molar-refractivity contribution in [2.45, 2.75) is 45.1 Å². The molecule has 0 saturated heterocycles. The molecule has 1 aliphatic carbocycles. The maximum absolute atomic E-state index is 11.4. The van der Waals surface area contributed by atoms with Gasteiger partial charge in [0.2, 0.25) is 0 Å². The van der Waals surface area contributed by atoms with Crippen LogP contribution in [0.15, 0.2) is 0 Å². The SMILES string of the molecule is CCOC(=O)C(ON)C1CCCCC1. The summed E-state index contributed by atoms with van der Waals surface area (Å²) in [6, 6.07) is 0. The Kier molecular flexibility index (Phi) is 4.90. The van der Waals surface area contributed by atoms with E-state index in [9.17, 15) is 4.79 Å². The lowest BCUT2D eigenvalue weighted by Gasteiger charge is -2.26. The molecule has 1 aliphatic rings. The summed E-state index contributed by atoms with van der Waals surface area (Å²) in [7, 11) is 0. The van der Waals surface area contributed by atoms with Crippen LogP contribution in [0.4, 0.5) is 0 Å². The molecule has 1 fully saturated rings. The molecule has 2 N–H and O–H groups in total. The highest BCUT2D eigenvalue weighted by atomic mass is 16.6. The van der Waals surface area contributed by atoms with Crippen molar-refractivity contribution in [3.05, 3.63) is 0 Å². The average molecular weight is 201 g/mol. The number of carbonyl (C=O) groups excluding carboxylic acids is 1. The molecule has 1 saturated carbocycles. The van der Waals surface area contributed by atoms with Crippen molar-refractivity contribution in [1.29, 1.82) is 0 Å². The van der Waals surface area contributed by atoms with Crippen LogP contribution in [0.2, 0.25) is 0 Å². The van der Waals surface area contributed by atoms with E-state index in [1.165, 1.54) is 6.42 Å². The first kappa shape index (κ1) is 11.5. The van der Waals surface area contributed by atoms with Gasteiger partial charge in [0, 0.05) is 0 Å². The molecule has 0 aliphatic heterocycles. The van der Waals surface area contributed by atoms with Gasteiger partial charge in [0.1, 0.15) is 0 Å². The van der Waals surface area contributed by atoms with Crippen LogP contribution in [0, 0.1) is 5.92 Å². The van der Waals surface area contributed by atoms with Crippen LogP contribution in [-0.4, -0.2) is 18.7 Å². The number of ether oxygens (including phenoxy) is 1. The minimum atomic E-state index is -0.560. The van der Waals surface area contributed by atoms with Crippen LogP contribution >= 0.6 is 0 Å². The molecule has 82 valence electrons. The molecule has 0 aromatic carbocycles. The predicted molar refractivity (Wildman–Crippen MR) is 52.3 cm³/mol. The summed E-state index contributed by atoms with van der Waals surface area (Å²) in [5, 5.41) is 0. The summed E-state index contributed by atoms with van der Waals surface area (Å²) in [5.74, 6) is 5.06. The van der Waals surface area contributed by atoms with E-state index in [1.54, 1.807) is 6.92 Å². The average Bonchev–Trinajstić information content (AvgIpc) is 2.21. The maximum atomic E-state index is 11.4. The molecule has 0 spiro atoms. The number of esters is 1. The summed E-state index contributed by atoms with van der Waals surface area (Å²) in [6.45, 7) is 2.16. The van der Waals surface area contributed by atoms with E-state index in [0.717, 1.165) is 25.7 Å². The normalized spacial score (nSPS) is 20.4. The van der Waals surface area contributed by atoms with Gasteiger partial charge in [-0.25, -0.2) is 10.7 Å². The number of nitrogens with two attached hydrogens (primary N) is 1. The van der Waals surface area contributed by atoms with E-state index in [2.05, 4.69) is 0 Å². The highest BCUT2D eigenvalue weighted by molar-refractivity contribution is 5.75. The molecule has 0 heterocycles. The molecule has 0 bridgehead atoms. The Morgan fingerprint density at radius 3 is 2.57 bits per heavy atom. The van der Waals surface area contributed by atoms with E-state index in [4.69, 9.17) is 15.5 Å². The predicted octanol–water partition coefficient (Wildman–Crippen LogP) is 1.39. The topological polar surface area (TPSA) is 61.5 Å². The second-order valence-corrected chi connectivity index (χ2v) is 3.71. The van der Waals surface area contributed by atoms with Gasteiger partial charge < -0.3 is 4.74 Å². The van der Waals surface area contributed by atoms with Crippen LogP contribution in [0.5, 0.6) is 0 Å². The zero-order valence-corrected chi connectivity index (χ0v) is 8.70. The Labute approximate surface area is 84.7 Å². The lowest BCUT2D eigenvalue weighted by atomic mass is 9.85. The summed E-state index contributed by atoms with van der Waals surface area (Å²) < 4.78 is 4.90. The second-order valence-electron chi connectivity index (χ2n) is 3.71. The number of hydrogen-bond acceptors (Lipinski definition) is 4. The van der Waals surface area contributed by atoms with Crippen LogP contribution in [-0.2, 0) is 14.4 Å². The molecule has 0 aromatic heterocycles. The first-order chi connectivity index (χ1) is 6.79. The van der Waals surface area contributed by atoms with Gasteiger partial charge in [-0.2, -0.15) is 0 Å². The first-order valence-electron chi connectivity index (χ1n) is 5.31. The van der Waals surface area contributed by atoms with Gasteiger partial charge in [-0.1, -0.05) is 19.3 Å². The third-order valence-electron chi connectivity index (χ3n) is 2.74. The lowest BCUT2D eigenvalue weighted by molar-refractivity contribution is -0.162. The van der Waals surface area contributed by atoms with Gasteiger partial charge in [-0.15, -0.1) is 0 Å². The Morgan fingerprint density at radius 2 is 2.07 bits per heavy atom. The smallest absolute Gasteiger partial charge is 0.337 e. The van der Waals surface area contributed by atoms with Crippen LogP contribution in [0.3, 0.4) is 0 Å². The van der Waals surface area contributed by atoms with E-state index >= 15 is 0 Å². The Morgan fingerprint density at radius 1 is 1.43 bits per heavy atom. The van der Waals surface area contributed by atoms with Gasteiger partial charge in [-0.3, -0.25) is 4.84 Å². The molecule has 1 atom stereocenters. The third-order valence-corrected chi connectivity index (χ3v) is 2.74. The van der Waals surface area contributed by atoms with Crippen molar-refractivity contribution in [1.82, 2.24) is 0 Å². The van der Waals surface area contributed by atoms with Crippen LogP contribution in [0.25, 0.3) is 0 Å². The fourth-order valence-electron chi connectivity index (χ4n) is 2.02. The summed E-state index contributed by atoms with van der Waals surface area (Å²) >= 11 is 0. The molecule has 14 heavy (non-hydrogen) atoms. The number of hydrogen-bond donors (Lipinski definition) is 1. The summed E-state index contributed by atoms with van der Waals surface area (Å²) in [4.78, 5) is 16.2. The molecule has 1 unspecified atom stereocenters. The van der Waals surface area contributed by atoms with E-state index < -0.39 is 6.10 Å². The number of carbonyl (C=O) groups is 1. The van der Waals surface area contributed by atoms with E-state index in [0.29, 0.717) is 6.61 Å². The quantitative estimate of drug-likeness (QED) is 0.551. The molecular weight excluding hydrogens is 182 g/mol. The molecule has 0 aromatic rings. The number of rotatable bonds is 4. The van der Waals surface area contributed by atoms with Crippen molar-refractivity contribution in [3.63, 3.8) is 0 Å². The fourth-order valence-corrected chi connectivity index (χ4v) is 2.02. The zero-order chi connectivity index (χ0) is 10.4. The standard InChI is InChI=1S/C10H19NO3/c1-2-13-10(12)9(14-11)8-6-4-3-5-7-8/h8-9H,2-7,11H2,1H3. The molecule has 4 heteroatoms. The third kappa shape index (κ3) is 2.96. The van der Waals surface area contributed by atoms with Crippen molar-refractivity contribution >= 4 is 5.97 Å². The van der Waals surface area contributed by atoms with Crippen LogP contribution < -0.4 is 5.90 Å². The van der Waals surface area contributed by atoms with Crippen LogP contribution in [0.1, 0.15) is 39.0 Å². The largest absolute Gasteiger partial charge is 0.464 e. The Bertz CT molecular complexity index is 178. The minimum absolute atomic E-state index is 0.243. The van der Waals surface area contributed by atoms with Gasteiger partial charge in [0.15, 0.2) is 6.10 Å². The summed E-state index contributed by atoms with van der Waals surface area (Å²) in [6.07, 6.45) is 5.03. The van der Waals surface area contributed by atoms with Gasteiger partial charge >= 0.3 is 5.97 Å². The van der Waals surface area contributed by atoms with Crippen molar-refractivity contribution < 1.29 is 14.4 Å². The second kappa shape index (κ2) is 5.98. The molecule has 4 nitrogen and oxygen atoms in total. The van der Waals surface area contributed by atoms with Gasteiger partial charge in [-0.05, 0) is 25.7 Å². The minimum Gasteiger partial charge on any atom is -0.464 e. The highest BCUT2D eigenvalue weighted by Crippen LogP contribution is 2.27. The maximum Gasteiger partial charge on any atom is 0.337 e. The highest BCUT2D eigenvalue weighted by Gasteiger charge is 2.31. The van der Waals surface area contributed by atoms with Crippen molar-refractivity contribution in [3.8, 4) is 0 Å². The first-order valence-corrected chi connectivity index (χ1v) is 5.31. The van der Waals surface area contributed by atoms with Gasteiger partial charge in [0.25, 0.3) is 0 Å². The monoisotopic (exact) mass is 201 g/mol. The van der Waals surface area contributed by atoms with Crippen molar-refractivity contribution in [2.75, 3.05) is 6.61 Å². The molecule has 0 radical (unpaired) electrons. The lowest BCUT2D eigenvalue weighted by Crippen LogP contribution is -2.37. The van der Waals surface area contributed by atoms with E-state index in [-0.39, 0.29) is 11.9 Å². The Balaban J connectivity index is 2.46. The molecular formula is C10H19NO3. The summed E-state index contributed by atoms with van der Waals surface area (Å²) in [5.41, 5.74) is 0. The zero-order valence-electron chi connectivity index (χ0n) is 8.70. The van der Waals surface area contributed by atoms with Gasteiger partial charge in [0.05, 0.1) is 6.61 Å². The van der Waals surface area contributed by atoms with E-state index in [1.807, 2.05) is 0 Å². The molecule has 0 amide bonds.